The summed E-state index contributed by atoms with van der Waals surface area (Å²) >= 11 is 0. The number of amides is 1. The van der Waals surface area contributed by atoms with Crippen LogP contribution in [0.5, 0.6) is 0 Å². The molecule has 12 nitrogen and oxygen atoms in total. The number of likely N-dealkylation sites (N-methyl/N-ethyl adjacent to an activating group) is 1. The lowest BCUT2D eigenvalue weighted by Crippen LogP contribution is -2.32. The number of anilines is 2. The Balaban J connectivity index is 0.778. The van der Waals surface area contributed by atoms with Gasteiger partial charge < -0.3 is 48.1 Å². The summed E-state index contributed by atoms with van der Waals surface area (Å²) in [5, 5.41) is 2.86. The molecule has 0 radical (unpaired) electrons. The predicted octanol–water partition coefficient (Wildman–Crippen LogP) is 7.59. The Bertz CT molecular complexity index is 1850. The number of hydrogen-bond donors (Lipinski definition) is 1. The monoisotopic (exact) mass is 824 g/mol. The molecule has 0 aliphatic heterocycles. The number of benzene rings is 4. The third-order valence-electron chi connectivity index (χ3n) is 9.16. The van der Waals surface area contributed by atoms with Crippen LogP contribution in [-0.4, -0.2) is 123 Å². The average molecular weight is 825 g/mol. The second kappa shape index (κ2) is 24.1. The lowest BCUT2D eigenvalue weighted by atomic mass is 9.98. The summed E-state index contributed by atoms with van der Waals surface area (Å²) in [4.78, 5) is 26.8. The van der Waals surface area contributed by atoms with Gasteiger partial charge in [0, 0.05) is 25.2 Å². The first-order chi connectivity index (χ1) is 28.7. The molecule has 0 atom stereocenters. The number of hydrogen-bond acceptors (Lipinski definition) is 11. The summed E-state index contributed by atoms with van der Waals surface area (Å²) in [6.07, 6.45) is -4.87. The minimum absolute atomic E-state index is 0.00993. The average Bonchev–Trinajstić information content (AvgIpc) is 3.56. The van der Waals surface area contributed by atoms with Gasteiger partial charge in [-0.15, -0.1) is 0 Å². The van der Waals surface area contributed by atoms with Gasteiger partial charge in [-0.3, -0.25) is 0 Å². The molecule has 0 bridgehead atoms. The van der Waals surface area contributed by atoms with Crippen molar-refractivity contribution in [2.45, 2.75) is 12.1 Å². The zero-order chi connectivity index (χ0) is 41.7. The van der Waals surface area contributed by atoms with Crippen LogP contribution < -0.4 is 5.32 Å². The van der Waals surface area contributed by atoms with Gasteiger partial charge in [0.2, 0.25) is 0 Å². The minimum atomic E-state index is -4.48. The number of rotatable bonds is 26. The predicted molar refractivity (Wildman–Crippen MR) is 214 cm³/mol. The molecular weight excluding hydrogens is 773 g/mol. The number of ether oxygens (including phenoxy) is 8. The van der Waals surface area contributed by atoms with Crippen LogP contribution in [-0.2, 0) is 44.1 Å². The van der Waals surface area contributed by atoms with E-state index in [1.807, 2.05) is 24.3 Å². The minimum Gasteiger partial charge on any atom is -0.460 e. The van der Waals surface area contributed by atoms with E-state index in [-0.39, 0.29) is 49.7 Å². The van der Waals surface area contributed by atoms with Crippen molar-refractivity contribution in [1.82, 2.24) is 4.90 Å². The van der Waals surface area contributed by atoms with E-state index in [0.717, 1.165) is 12.1 Å². The van der Waals surface area contributed by atoms with Gasteiger partial charge in [-0.2, -0.15) is 13.2 Å². The van der Waals surface area contributed by atoms with Crippen LogP contribution in [0.4, 0.5) is 29.3 Å². The van der Waals surface area contributed by atoms with Crippen LogP contribution in [0.1, 0.15) is 33.0 Å². The number of fused-ring (bicyclic) bond motifs is 3. The summed E-state index contributed by atoms with van der Waals surface area (Å²) < 4.78 is 83.2. The highest BCUT2D eigenvalue weighted by Crippen LogP contribution is 2.44. The SMILES string of the molecule is CN(CCOCCOCCOCCOCCOCCOCCOC(=O)c1ccccc1Nc1cccc(C(F)(F)F)c1)C(=O)OCC1c2ccccc2-c2ccccc21. The molecule has 0 aromatic heterocycles. The fourth-order valence-corrected chi connectivity index (χ4v) is 6.17. The highest BCUT2D eigenvalue weighted by atomic mass is 19.4. The van der Waals surface area contributed by atoms with Crippen molar-refractivity contribution in [3.05, 3.63) is 119 Å². The first-order valence-corrected chi connectivity index (χ1v) is 19.5. The van der Waals surface area contributed by atoms with Gasteiger partial charge >= 0.3 is 18.2 Å². The molecule has 1 aliphatic carbocycles. The normalized spacial score (nSPS) is 12.2. The number of halogens is 3. The maximum atomic E-state index is 13.1. The summed E-state index contributed by atoms with van der Waals surface area (Å²) in [5.41, 5.74) is 4.62. The molecule has 1 aliphatic rings. The van der Waals surface area contributed by atoms with Gasteiger partial charge in [-0.25, -0.2) is 9.59 Å². The number of alkyl halides is 3. The molecule has 0 saturated heterocycles. The van der Waals surface area contributed by atoms with Crippen molar-refractivity contribution in [1.29, 1.82) is 0 Å². The Morgan fingerprint density at radius 3 is 1.64 bits per heavy atom. The highest BCUT2D eigenvalue weighted by molar-refractivity contribution is 5.96. The molecule has 1 amide bonds. The summed E-state index contributed by atoms with van der Waals surface area (Å²) in [6, 6.07) is 27.6. The molecule has 1 N–H and O–H groups in total. The fourth-order valence-electron chi connectivity index (χ4n) is 6.17. The molecule has 0 spiro atoms. The Labute approximate surface area is 342 Å². The first kappa shape index (κ1) is 45.1. The standard InChI is InChI=1S/C44H51F3N2O10/c1-49(43(51)59-32-40-37-13-4-2-11-35(37)36-12-3-5-14-38(36)40)17-18-52-19-20-53-21-22-54-23-24-55-25-26-56-27-28-57-29-30-58-42(50)39-15-6-7-16-41(39)48-34-10-8-9-33(31-34)44(45,46)47/h2-16,31,40,48H,17-30,32H2,1H3. The van der Waals surface area contributed by atoms with E-state index in [1.54, 1.807) is 25.2 Å². The Hall–Kier alpha value is -5.03. The zero-order valence-corrected chi connectivity index (χ0v) is 33.1. The van der Waals surface area contributed by atoms with Gasteiger partial charge in [0.15, 0.2) is 0 Å². The second-order valence-electron chi connectivity index (χ2n) is 13.3. The number of nitrogens with one attached hydrogen (secondary N) is 1. The Kier molecular flexibility index (Phi) is 18.4. The van der Waals surface area contributed by atoms with Crippen molar-refractivity contribution >= 4 is 23.4 Å². The van der Waals surface area contributed by atoms with Crippen molar-refractivity contribution in [2.75, 3.05) is 111 Å². The van der Waals surface area contributed by atoms with E-state index < -0.39 is 17.7 Å². The van der Waals surface area contributed by atoms with Crippen LogP contribution in [0.25, 0.3) is 11.1 Å². The lowest BCUT2D eigenvalue weighted by Gasteiger charge is -2.19. The molecule has 0 saturated carbocycles. The van der Waals surface area contributed by atoms with Crippen LogP contribution >= 0.6 is 0 Å². The van der Waals surface area contributed by atoms with Gasteiger partial charge in [-0.1, -0.05) is 66.7 Å². The quantitative estimate of drug-likeness (QED) is 0.0498. The highest BCUT2D eigenvalue weighted by Gasteiger charge is 2.31. The number of para-hydroxylation sites is 1. The van der Waals surface area contributed by atoms with E-state index in [4.69, 9.17) is 37.9 Å². The van der Waals surface area contributed by atoms with Crippen LogP contribution in [0.15, 0.2) is 97.1 Å². The van der Waals surface area contributed by atoms with Crippen molar-refractivity contribution in [2.24, 2.45) is 0 Å². The summed E-state index contributed by atoms with van der Waals surface area (Å²) in [7, 11) is 1.69. The molecule has 59 heavy (non-hydrogen) atoms. The topological polar surface area (TPSA) is 123 Å². The van der Waals surface area contributed by atoms with E-state index in [0.29, 0.717) is 78.3 Å². The fraction of sp³-hybridized carbons (Fsp3) is 0.409. The van der Waals surface area contributed by atoms with E-state index in [9.17, 15) is 22.8 Å². The van der Waals surface area contributed by atoms with Gasteiger partial charge in [0.1, 0.15) is 13.2 Å². The second-order valence-corrected chi connectivity index (χ2v) is 13.3. The zero-order valence-electron chi connectivity index (χ0n) is 33.1. The van der Waals surface area contributed by atoms with E-state index >= 15 is 0 Å². The van der Waals surface area contributed by atoms with E-state index in [2.05, 4.69) is 29.6 Å². The van der Waals surface area contributed by atoms with Crippen LogP contribution in [0.3, 0.4) is 0 Å². The molecule has 4 aromatic carbocycles. The maximum absolute atomic E-state index is 13.1. The lowest BCUT2D eigenvalue weighted by molar-refractivity contribution is -0.137. The van der Waals surface area contributed by atoms with Crippen LogP contribution in [0.2, 0.25) is 0 Å². The van der Waals surface area contributed by atoms with Crippen molar-refractivity contribution in [3.8, 4) is 11.1 Å². The molecular formula is C44H51F3N2O10. The molecule has 5 rings (SSSR count). The molecule has 318 valence electrons. The number of carbonyl (C=O) groups is 2. The number of carbonyl (C=O) groups excluding carboxylic acids is 2. The molecule has 0 fully saturated rings. The van der Waals surface area contributed by atoms with Gasteiger partial charge in [0.25, 0.3) is 0 Å². The largest absolute Gasteiger partial charge is 0.460 e. The number of esters is 1. The number of nitrogens with zero attached hydrogens (tertiary/aromatic N) is 1. The molecule has 0 heterocycles. The Morgan fingerprint density at radius 1 is 0.593 bits per heavy atom. The van der Waals surface area contributed by atoms with Gasteiger partial charge in [0.05, 0.1) is 96.1 Å². The van der Waals surface area contributed by atoms with Crippen molar-refractivity contribution in [3.63, 3.8) is 0 Å². The van der Waals surface area contributed by atoms with Crippen molar-refractivity contribution < 1.29 is 60.7 Å². The summed E-state index contributed by atoms with van der Waals surface area (Å²) in [6.45, 7) is 5.00. The smallest absolute Gasteiger partial charge is 0.416 e. The first-order valence-electron chi connectivity index (χ1n) is 19.5. The Morgan fingerprint density at radius 2 is 1.08 bits per heavy atom. The molecule has 0 unspecified atom stereocenters. The summed E-state index contributed by atoms with van der Waals surface area (Å²) in [5.74, 6) is -0.618. The maximum Gasteiger partial charge on any atom is 0.416 e. The molecule has 4 aromatic rings. The third-order valence-corrected chi connectivity index (χ3v) is 9.16. The van der Waals surface area contributed by atoms with Crippen LogP contribution in [0, 0.1) is 0 Å². The van der Waals surface area contributed by atoms with E-state index in [1.165, 1.54) is 45.4 Å². The van der Waals surface area contributed by atoms with Gasteiger partial charge in [-0.05, 0) is 52.6 Å². The third kappa shape index (κ3) is 14.6. The molecule has 15 heteroatoms.